The topological polar surface area (TPSA) is 62.2 Å². The van der Waals surface area contributed by atoms with Gasteiger partial charge in [-0.15, -0.1) is 0 Å². The second-order valence-corrected chi connectivity index (χ2v) is 10.1. The van der Waals surface area contributed by atoms with Crippen LogP contribution in [0.4, 0.5) is 10.1 Å². The molecule has 5 rings (SSSR count). The van der Waals surface area contributed by atoms with Gasteiger partial charge in [-0.05, 0) is 80.0 Å². The average molecular weight is 542 g/mol. The molecule has 0 unspecified atom stereocenters. The van der Waals surface area contributed by atoms with Gasteiger partial charge in [-0.1, -0.05) is 43.3 Å². The molecule has 0 radical (unpaired) electrons. The minimum Gasteiger partial charge on any atom is -0.352 e. The summed E-state index contributed by atoms with van der Waals surface area (Å²) in [6.45, 7) is 6.46. The molecule has 2 atom stereocenters. The molecule has 0 spiro atoms. The SMILES string of the molecule is CCc1ccccc1NC(=O)CCN1C(=S)N[C@H](c2ccccn2)[C@H]1c1cc(C)n(-c2ccccc2F)c1C. The number of nitrogens with zero attached hydrogens (tertiary/aromatic N) is 3. The molecule has 200 valence electrons. The van der Waals surface area contributed by atoms with Crippen LogP contribution in [0.3, 0.4) is 0 Å². The quantitative estimate of drug-likeness (QED) is 0.261. The Hall–Kier alpha value is -4.04. The van der Waals surface area contributed by atoms with Crippen molar-refractivity contribution in [2.24, 2.45) is 0 Å². The van der Waals surface area contributed by atoms with Crippen LogP contribution in [0.25, 0.3) is 5.69 Å². The fourth-order valence-electron chi connectivity index (χ4n) is 5.46. The van der Waals surface area contributed by atoms with Crippen molar-refractivity contribution in [2.45, 2.75) is 45.7 Å². The van der Waals surface area contributed by atoms with Crippen molar-refractivity contribution in [1.29, 1.82) is 0 Å². The van der Waals surface area contributed by atoms with E-state index in [1.54, 1.807) is 18.3 Å². The molecule has 1 aliphatic rings. The lowest BCUT2D eigenvalue weighted by molar-refractivity contribution is -0.116. The third-order valence-electron chi connectivity index (χ3n) is 7.33. The first kappa shape index (κ1) is 26.6. The summed E-state index contributed by atoms with van der Waals surface area (Å²) in [6, 6.07) is 22.1. The predicted octanol–water partition coefficient (Wildman–Crippen LogP) is 6.19. The summed E-state index contributed by atoms with van der Waals surface area (Å²) in [5, 5.41) is 7.07. The van der Waals surface area contributed by atoms with E-state index < -0.39 is 0 Å². The third kappa shape index (κ3) is 5.29. The molecular formula is C31H32FN5OS. The number of pyridine rings is 1. The minimum atomic E-state index is -0.284. The van der Waals surface area contributed by atoms with Crippen molar-refractivity contribution >= 4 is 28.9 Å². The van der Waals surface area contributed by atoms with Crippen molar-refractivity contribution in [3.8, 4) is 5.69 Å². The predicted molar refractivity (Wildman–Crippen MR) is 156 cm³/mol. The smallest absolute Gasteiger partial charge is 0.226 e. The first-order chi connectivity index (χ1) is 18.9. The highest BCUT2D eigenvalue weighted by Crippen LogP contribution is 2.41. The highest BCUT2D eigenvalue weighted by Gasteiger charge is 2.41. The minimum absolute atomic E-state index is 0.0736. The number of hydrogen-bond donors (Lipinski definition) is 2. The molecule has 0 aliphatic carbocycles. The Labute approximate surface area is 233 Å². The first-order valence-corrected chi connectivity index (χ1v) is 13.6. The van der Waals surface area contributed by atoms with E-state index in [0.717, 1.165) is 40.3 Å². The number of aryl methyl sites for hydroxylation is 2. The molecule has 8 heteroatoms. The number of benzene rings is 2. The Morgan fingerprint density at radius 2 is 1.82 bits per heavy atom. The number of carbonyl (C=O) groups excluding carboxylic acids is 1. The van der Waals surface area contributed by atoms with Crippen LogP contribution in [0.1, 0.15) is 53.6 Å². The summed E-state index contributed by atoms with van der Waals surface area (Å²) in [6.07, 6.45) is 2.86. The summed E-state index contributed by atoms with van der Waals surface area (Å²) in [4.78, 5) is 19.7. The van der Waals surface area contributed by atoms with E-state index in [9.17, 15) is 9.18 Å². The first-order valence-electron chi connectivity index (χ1n) is 13.2. The molecule has 2 aromatic carbocycles. The van der Waals surface area contributed by atoms with Gasteiger partial charge >= 0.3 is 0 Å². The molecule has 1 aliphatic heterocycles. The Morgan fingerprint density at radius 3 is 2.56 bits per heavy atom. The summed E-state index contributed by atoms with van der Waals surface area (Å²) in [7, 11) is 0. The molecule has 2 N–H and O–H groups in total. The monoisotopic (exact) mass is 541 g/mol. The van der Waals surface area contributed by atoms with Crippen LogP contribution in [-0.2, 0) is 11.2 Å². The molecule has 0 bridgehead atoms. The maximum Gasteiger partial charge on any atom is 0.226 e. The van der Waals surface area contributed by atoms with Crippen LogP contribution in [0, 0.1) is 19.7 Å². The lowest BCUT2D eigenvalue weighted by Crippen LogP contribution is -2.33. The van der Waals surface area contributed by atoms with E-state index in [2.05, 4.69) is 33.5 Å². The van der Waals surface area contributed by atoms with Crippen LogP contribution in [0.15, 0.2) is 79.0 Å². The van der Waals surface area contributed by atoms with Crippen LogP contribution >= 0.6 is 12.2 Å². The number of nitrogens with one attached hydrogen (secondary N) is 2. The molecule has 1 saturated heterocycles. The standard InChI is InChI=1S/C31H32FN5OS/c1-4-22-11-5-7-13-25(22)34-28(38)16-18-36-30(29(35-31(36)39)26-14-9-10-17-33-26)23-19-20(2)37(21(23)3)27-15-8-6-12-24(27)32/h5-15,17,19,29-30H,4,16,18H2,1-3H3,(H,34,38)(H,35,39)/t29-,30-/m1/s1. The Bertz CT molecular complexity index is 1500. The molecule has 2 aromatic heterocycles. The largest absolute Gasteiger partial charge is 0.352 e. The van der Waals surface area contributed by atoms with E-state index in [1.807, 2.05) is 66.9 Å². The third-order valence-corrected chi connectivity index (χ3v) is 7.68. The number of anilines is 1. The number of rotatable bonds is 8. The Kier molecular flexibility index (Phi) is 7.74. The number of thiocarbonyl (C=S) groups is 1. The highest BCUT2D eigenvalue weighted by atomic mass is 32.1. The van der Waals surface area contributed by atoms with Crippen molar-refractivity contribution in [2.75, 3.05) is 11.9 Å². The van der Waals surface area contributed by atoms with Crippen LogP contribution in [-0.4, -0.2) is 32.0 Å². The van der Waals surface area contributed by atoms with Gasteiger partial charge in [-0.25, -0.2) is 4.39 Å². The molecule has 1 fully saturated rings. The second kappa shape index (κ2) is 11.4. The molecule has 6 nitrogen and oxygen atoms in total. The fourth-order valence-corrected chi connectivity index (χ4v) is 5.79. The van der Waals surface area contributed by atoms with Gasteiger partial charge in [0, 0.05) is 36.2 Å². The normalized spacial score (nSPS) is 16.8. The molecule has 39 heavy (non-hydrogen) atoms. The lowest BCUT2D eigenvalue weighted by atomic mass is 9.96. The average Bonchev–Trinajstić information content (AvgIpc) is 3.42. The van der Waals surface area contributed by atoms with Gasteiger partial charge in [0.25, 0.3) is 0 Å². The lowest BCUT2D eigenvalue weighted by Gasteiger charge is -2.28. The fraction of sp³-hybridized carbons (Fsp3) is 0.258. The number of halogens is 1. The van der Waals surface area contributed by atoms with Crippen molar-refractivity contribution < 1.29 is 9.18 Å². The number of hydrogen-bond acceptors (Lipinski definition) is 3. The summed E-state index contributed by atoms with van der Waals surface area (Å²) in [5.74, 6) is -0.358. The van der Waals surface area contributed by atoms with Crippen molar-refractivity contribution in [1.82, 2.24) is 19.8 Å². The van der Waals surface area contributed by atoms with Crippen molar-refractivity contribution in [3.05, 3.63) is 113 Å². The van der Waals surface area contributed by atoms with Crippen LogP contribution in [0.2, 0.25) is 0 Å². The molecule has 1 amide bonds. The van der Waals surface area contributed by atoms with E-state index in [0.29, 0.717) is 17.3 Å². The van der Waals surface area contributed by atoms with Gasteiger partial charge in [0.05, 0.1) is 23.5 Å². The Morgan fingerprint density at radius 1 is 1.08 bits per heavy atom. The number of aromatic nitrogens is 2. The van der Waals surface area contributed by atoms with E-state index in [1.165, 1.54) is 6.07 Å². The van der Waals surface area contributed by atoms with Gasteiger partial charge in [0.2, 0.25) is 5.91 Å². The second-order valence-electron chi connectivity index (χ2n) is 9.74. The van der Waals surface area contributed by atoms with E-state index >= 15 is 0 Å². The molecule has 0 saturated carbocycles. The number of carbonyl (C=O) groups is 1. The molecular weight excluding hydrogens is 509 g/mol. The zero-order valence-corrected chi connectivity index (χ0v) is 23.1. The zero-order chi connectivity index (χ0) is 27.5. The zero-order valence-electron chi connectivity index (χ0n) is 22.3. The maximum atomic E-state index is 14.8. The van der Waals surface area contributed by atoms with Gasteiger partial charge in [0.1, 0.15) is 5.82 Å². The highest BCUT2D eigenvalue weighted by molar-refractivity contribution is 7.80. The summed E-state index contributed by atoms with van der Waals surface area (Å²) in [5.41, 5.74) is 6.13. The summed E-state index contributed by atoms with van der Waals surface area (Å²) < 4.78 is 16.8. The van der Waals surface area contributed by atoms with Gasteiger partial charge in [-0.2, -0.15) is 0 Å². The van der Waals surface area contributed by atoms with E-state index in [4.69, 9.17) is 12.2 Å². The van der Waals surface area contributed by atoms with Crippen molar-refractivity contribution in [3.63, 3.8) is 0 Å². The molecule has 3 heterocycles. The summed E-state index contributed by atoms with van der Waals surface area (Å²) >= 11 is 5.80. The number of amides is 1. The Balaban J connectivity index is 1.47. The van der Waals surface area contributed by atoms with Gasteiger partial charge in [-0.3, -0.25) is 9.78 Å². The molecule has 4 aromatic rings. The number of para-hydroxylation sites is 2. The van der Waals surface area contributed by atoms with Gasteiger partial charge in [0.15, 0.2) is 5.11 Å². The van der Waals surface area contributed by atoms with Gasteiger partial charge < -0.3 is 20.1 Å². The maximum absolute atomic E-state index is 14.8. The van der Waals surface area contributed by atoms with Crippen LogP contribution < -0.4 is 10.6 Å². The van der Waals surface area contributed by atoms with Crippen LogP contribution in [0.5, 0.6) is 0 Å². The van der Waals surface area contributed by atoms with E-state index in [-0.39, 0.29) is 30.2 Å².